The smallest absolute Gasteiger partial charge is 0.288 e. The number of nitrogens with one attached hydrogen (secondary N) is 1. The molecule has 5 heteroatoms. The van der Waals surface area contributed by atoms with Crippen LogP contribution < -0.4 is 15.5 Å². The normalized spacial score (nSPS) is 15.7. The van der Waals surface area contributed by atoms with Crippen molar-refractivity contribution < 1.29 is 13.9 Å². The second kappa shape index (κ2) is 5.94. The van der Waals surface area contributed by atoms with E-state index in [1.807, 2.05) is 12.1 Å². The van der Waals surface area contributed by atoms with Gasteiger partial charge in [-0.3, -0.25) is 9.59 Å². The number of benzene rings is 2. The topological polar surface area (TPSA) is 68.5 Å². The number of para-hydroxylation sites is 1. The van der Waals surface area contributed by atoms with Crippen molar-refractivity contribution in [1.29, 1.82) is 0 Å². The van der Waals surface area contributed by atoms with E-state index in [2.05, 4.69) is 11.9 Å². The van der Waals surface area contributed by atoms with E-state index in [1.165, 1.54) is 0 Å². The molecule has 1 amide bonds. The van der Waals surface area contributed by atoms with E-state index < -0.39 is 6.04 Å². The lowest BCUT2D eigenvalue weighted by Gasteiger charge is -2.12. The predicted octanol–water partition coefficient (Wildman–Crippen LogP) is 3.19. The monoisotopic (exact) mass is 333 g/mol. The van der Waals surface area contributed by atoms with Gasteiger partial charge in [-0.05, 0) is 29.8 Å². The highest BCUT2D eigenvalue weighted by Gasteiger charge is 2.35. The molecule has 0 bridgehead atoms. The van der Waals surface area contributed by atoms with Crippen LogP contribution >= 0.6 is 0 Å². The lowest BCUT2D eigenvalue weighted by atomic mass is 9.99. The van der Waals surface area contributed by atoms with Crippen LogP contribution in [0.2, 0.25) is 0 Å². The molecule has 124 valence electrons. The van der Waals surface area contributed by atoms with E-state index in [0.717, 1.165) is 5.56 Å². The predicted molar refractivity (Wildman–Crippen MR) is 93.9 cm³/mol. The van der Waals surface area contributed by atoms with E-state index >= 15 is 0 Å². The molecule has 0 fully saturated rings. The third-order valence-electron chi connectivity index (χ3n) is 4.18. The van der Waals surface area contributed by atoms with Gasteiger partial charge >= 0.3 is 0 Å². The molecule has 25 heavy (non-hydrogen) atoms. The number of ether oxygens (including phenoxy) is 1. The minimum Gasteiger partial charge on any atom is -0.490 e. The van der Waals surface area contributed by atoms with Gasteiger partial charge in [-0.1, -0.05) is 36.9 Å². The van der Waals surface area contributed by atoms with Crippen LogP contribution in [0, 0.1) is 0 Å². The first kappa shape index (κ1) is 15.2. The van der Waals surface area contributed by atoms with Crippen molar-refractivity contribution in [3.05, 3.63) is 88.3 Å². The largest absolute Gasteiger partial charge is 0.490 e. The van der Waals surface area contributed by atoms with E-state index in [4.69, 9.17) is 9.15 Å². The number of amides is 1. The molecule has 3 aromatic rings. The maximum atomic E-state index is 12.9. The molecule has 1 aliphatic heterocycles. The Morgan fingerprint density at radius 1 is 1.12 bits per heavy atom. The highest BCUT2D eigenvalue weighted by atomic mass is 16.5. The Kier molecular flexibility index (Phi) is 3.61. The summed E-state index contributed by atoms with van der Waals surface area (Å²) in [5.41, 5.74) is 1.37. The van der Waals surface area contributed by atoms with E-state index in [1.54, 1.807) is 42.5 Å². The van der Waals surface area contributed by atoms with Gasteiger partial charge < -0.3 is 14.5 Å². The number of carbonyl (C=O) groups is 1. The van der Waals surface area contributed by atoms with E-state index in [9.17, 15) is 9.59 Å². The molecule has 1 N–H and O–H groups in total. The van der Waals surface area contributed by atoms with Gasteiger partial charge in [-0.15, -0.1) is 0 Å². The summed E-state index contributed by atoms with van der Waals surface area (Å²) >= 11 is 0. The molecule has 4 rings (SSSR count). The van der Waals surface area contributed by atoms with Crippen molar-refractivity contribution in [3.63, 3.8) is 0 Å². The molecule has 1 unspecified atom stereocenters. The third-order valence-corrected chi connectivity index (χ3v) is 4.18. The number of fused-ring (bicyclic) bond motifs is 2. The molecule has 2 aromatic carbocycles. The number of carbonyl (C=O) groups excluding carboxylic acids is 1. The number of hydrogen-bond acceptors (Lipinski definition) is 4. The van der Waals surface area contributed by atoms with Gasteiger partial charge in [0.2, 0.25) is 5.76 Å². The lowest BCUT2D eigenvalue weighted by molar-refractivity contribution is 0.0938. The van der Waals surface area contributed by atoms with Crippen LogP contribution in [0.15, 0.2) is 70.4 Å². The van der Waals surface area contributed by atoms with Crippen molar-refractivity contribution >= 4 is 16.9 Å². The Morgan fingerprint density at radius 3 is 2.64 bits per heavy atom. The first-order valence-electron chi connectivity index (χ1n) is 7.89. The van der Waals surface area contributed by atoms with Gasteiger partial charge in [-0.25, -0.2) is 0 Å². The number of hydrogen-bond donors (Lipinski definition) is 1. The molecule has 0 radical (unpaired) electrons. The highest BCUT2D eigenvalue weighted by Crippen LogP contribution is 2.31. The van der Waals surface area contributed by atoms with Crippen molar-refractivity contribution in [2.45, 2.75) is 6.04 Å². The zero-order chi connectivity index (χ0) is 17.4. The van der Waals surface area contributed by atoms with Crippen LogP contribution in [0.3, 0.4) is 0 Å². The minimum atomic E-state index is -0.531. The lowest BCUT2D eigenvalue weighted by Crippen LogP contribution is -2.21. The van der Waals surface area contributed by atoms with Crippen LogP contribution in [0.25, 0.3) is 11.0 Å². The van der Waals surface area contributed by atoms with Gasteiger partial charge in [0.25, 0.3) is 5.91 Å². The standard InChI is InChI=1S/C20H15NO4/c1-2-11-24-13-9-7-12(8-10-13)17-16-18(22)14-5-3-4-6-15(14)25-19(16)20(23)21-17/h2-10,17H,1,11H2,(H,21,23). The van der Waals surface area contributed by atoms with Crippen molar-refractivity contribution in [2.24, 2.45) is 0 Å². The van der Waals surface area contributed by atoms with Crippen molar-refractivity contribution in [2.75, 3.05) is 6.61 Å². The first-order chi connectivity index (χ1) is 12.2. The van der Waals surface area contributed by atoms with Gasteiger partial charge in [0, 0.05) is 0 Å². The van der Waals surface area contributed by atoms with Gasteiger partial charge in [0.15, 0.2) is 5.43 Å². The van der Waals surface area contributed by atoms with Crippen LogP contribution in [0.4, 0.5) is 0 Å². The molecule has 0 saturated carbocycles. The Labute approximate surface area is 143 Å². The molecule has 0 aliphatic carbocycles. The summed E-state index contributed by atoms with van der Waals surface area (Å²) in [6.45, 7) is 4.02. The van der Waals surface area contributed by atoms with Crippen LogP contribution in [-0.2, 0) is 0 Å². The highest BCUT2D eigenvalue weighted by molar-refractivity contribution is 5.98. The molecule has 1 aliphatic rings. The zero-order valence-corrected chi connectivity index (χ0v) is 13.3. The summed E-state index contributed by atoms with van der Waals surface area (Å²) < 4.78 is 11.1. The van der Waals surface area contributed by atoms with Crippen LogP contribution in [-0.4, -0.2) is 12.5 Å². The summed E-state index contributed by atoms with van der Waals surface area (Å²) in [6, 6.07) is 13.6. The van der Waals surface area contributed by atoms with Gasteiger partial charge in [0.1, 0.15) is 17.9 Å². The molecule has 2 heterocycles. The molecular weight excluding hydrogens is 318 g/mol. The average Bonchev–Trinajstić information content (AvgIpc) is 2.98. The van der Waals surface area contributed by atoms with Gasteiger partial charge in [0.05, 0.1) is 17.0 Å². The Morgan fingerprint density at radius 2 is 1.88 bits per heavy atom. The minimum absolute atomic E-state index is 0.0840. The molecule has 1 aromatic heterocycles. The van der Waals surface area contributed by atoms with Gasteiger partial charge in [-0.2, -0.15) is 0 Å². The summed E-state index contributed by atoms with van der Waals surface area (Å²) in [6.07, 6.45) is 1.66. The third kappa shape index (κ3) is 2.50. The Balaban J connectivity index is 1.80. The van der Waals surface area contributed by atoms with E-state index in [-0.39, 0.29) is 17.1 Å². The second-order valence-corrected chi connectivity index (χ2v) is 5.75. The maximum Gasteiger partial charge on any atom is 0.288 e. The molecule has 0 saturated heterocycles. The Bertz CT molecular complexity index is 1030. The Hall–Kier alpha value is -3.34. The van der Waals surface area contributed by atoms with Crippen LogP contribution in [0.5, 0.6) is 5.75 Å². The molecular formula is C20H15NO4. The summed E-state index contributed by atoms with van der Waals surface area (Å²) in [7, 11) is 0. The second-order valence-electron chi connectivity index (χ2n) is 5.75. The SMILES string of the molecule is C=CCOc1ccc(C2NC(=O)c3oc4ccccc4c(=O)c32)cc1. The van der Waals surface area contributed by atoms with Crippen LogP contribution in [0.1, 0.15) is 27.7 Å². The van der Waals surface area contributed by atoms with Crippen molar-refractivity contribution in [1.82, 2.24) is 5.32 Å². The fourth-order valence-electron chi connectivity index (χ4n) is 3.02. The summed E-state index contributed by atoms with van der Waals surface area (Å²) in [5, 5.41) is 3.29. The molecule has 5 nitrogen and oxygen atoms in total. The maximum absolute atomic E-state index is 12.9. The summed E-state index contributed by atoms with van der Waals surface area (Å²) in [5.74, 6) is 0.397. The van der Waals surface area contributed by atoms with Crippen molar-refractivity contribution in [3.8, 4) is 5.75 Å². The van der Waals surface area contributed by atoms with E-state index in [0.29, 0.717) is 28.9 Å². The fraction of sp³-hybridized carbons (Fsp3) is 0.100. The zero-order valence-electron chi connectivity index (χ0n) is 13.3. The summed E-state index contributed by atoms with van der Waals surface area (Å²) in [4.78, 5) is 25.1. The first-order valence-corrected chi connectivity index (χ1v) is 7.89. The number of rotatable bonds is 4. The molecule has 1 atom stereocenters. The average molecular weight is 333 g/mol. The fourth-order valence-corrected chi connectivity index (χ4v) is 3.02. The quantitative estimate of drug-likeness (QED) is 0.745. The molecule has 0 spiro atoms.